The second-order valence-corrected chi connectivity index (χ2v) is 4.60. The van der Waals surface area contributed by atoms with Crippen molar-refractivity contribution in [3.8, 4) is 0 Å². The van der Waals surface area contributed by atoms with E-state index in [1.54, 1.807) is 0 Å². The van der Waals surface area contributed by atoms with Crippen LogP contribution >= 0.6 is 23.4 Å². The van der Waals surface area contributed by atoms with Crippen LogP contribution in [0.4, 0.5) is 4.39 Å². The molecule has 20 heavy (non-hydrogen) atoms. The number of carbonyl (C=O) groups is 1. The molecule has 0 saturated heterocycles. The van der Waals surface area contributed by atoms with E-state index in [-0.39, 0.29) is 22.7 Å². The summed E-state index contributed by atoms with van der Waals surface area (Å²) < 4.78 is 14.5. The van der Waals surface area contributed by atoms with Gasteiger partial charge in [0.05, 0.1) is 12.1 Å². The van der Waals surface area contributed by atoms with Gasteiger partial charge in [0.2, 0.25) is 0 Å². The lowest BCUT2D eigenvalue weighted by atomic mass is 10.2. The number of rotatable bonds is 4. The minimum Gasteiger partial charge on any atom is -0.270 e. The maximum absolute atomic E-state index is 13.6. The molecule has 0 unspecified atom stereocenters. The van der Waals surface area contributed by atoms with Gasteiger partial charge in [-0.2, -0.15) is 0 Å². The third-order valence-corrected chi connectivity index (χ3v) is 2.96. The smallest absolute Gasteiger partial charge is 0.269 e. The van der Waals surface area contributed by atoms with Crippen LogP contribution in [-0.4, -0.2) is 20.4 Å². The van der Waals surface area contributed by atoms with Gasteiger partial charge in [0.25, 0.3) is 5.91 Å². The van der Waals surface area contributed by atoms with Crippen molar-refractivity contribution < 1.29 is 9.18 Å². The Morgan fingerprint density at radius 3 is 2.70 bits per heavy atom. The van der Waals surface area contributed by atoms with Crippen LogP contribution in [0.5, 0.6) is 0 Å². The van der Waals surface area contributed by atoms with Gasteiger partial charge >= 0.3 is 0 Å². The van der Waals surface area contributed by atoms with Crippen molar-refractivity contribution in [2.75, 3.05) is 0 Å². The van der Waals surface area contributed by atoms with Crippen LogP contribution in [0.25, 0.3) is 0 Å². The fraction of sp³-hybridized carbons (Fsp3) is 0.0833. The first-order chi connectivity index (χ1) is 9.58. The Morgan fingerprint density at radius 2 is 2.05 bits per heavy atom. The molecule has 0 aliphatic carbocycles. The van der Waals surface area contributed by atoms with E-state index in [1.165, 1.54) is 36.9 Å². The van der Waals surface area contributed by atoms with Gasteiger partial charge in [-0.15, -0.1) is 4.53 Å². The summed E-state index contributed by atoms with van der Waals surface area (Å²) >= 11 is 11.7. The van der Waals surface area contributed by atoms with E-state index in [0.717, 1.165) is 4.53 Å². The molecule has 0 spiro atoms. The van der Waals surface area contributed by atoms with Gasteiger partial charge in [-0.25, -0.2) is 14.4 Å². The third-order valence-electron chi connectivity index (χ3n) is 2.40. The Balaban J connectivity index is 2.03. The Kier molecular flexibility index (Phi) is 4.84. The largest absolute Gasteiger partial charge is 0.270 e. The van der Waals surface area contributed by atoms with Crippen molar-refractivity contribution in [1.82, 2.24) is 19.9 Å². The Bertz CT molecular complexity index is 591. The number of carbonyl (C=O) groups excluding carboxylic acids is 1. The summed E-state index contributed by atoms with van der Waals surface area (Å²) in [5.74, 6) is -1.01. The zero-order valence-corrected chi connectivity index (χ0v) is 11.6. The molecule has 0 fully saturated rings. The first-order valence-electron chi connectivity index (χ1n) is 5.50. The van der Waals surface area contributed by atoms with Gasteiger partial charge in [-0.05, 0) is 12.1 Å². The van der Waals surface area contributed by atoms with Crippen molar-refractivity contribution in [1.29, 1.82) is 0 Å². The summed E-state index contributed by atoms with van der Waals surface area (Å²) in [5, 5.41) is 0.230. The molecule has 1 aromatic carbocycles. The number of benzene rings is 1. The molecule has 5 nitrogen and oxygen atoms in total. The molecule has 0 saturated carbocycles. The van der Waals surface area contributed by atoms with E-state index >= 15 is 0 Å². The van der Waals surface area contributed by atoms with Crippen molar-refractivity contribution in [2.45, 2.75) is 6.54 Å². The molecule has 1 heterocycles. The number of hydrazine groups is 1. The molecule has 0 atom stereocenters. The second-order valence-electron chi connectivity index (χ2n) is 3.79. The van der Waals surface area contributed by atoms with Crippen LogP contribution in [0.3, 0.4) is 0 Å². The molecule has 0 aliphatic rings. The van der Waals surface area contributed by atoms with Crippen LogP contribution in [0, 0.1) is 5.82 Å². The van der Waals surface area contributed by atoms with E-state index < -0.39 is 11.7 Å². The molecule has 1 N–H and O–H groups in total. The fourth-order valence-corrected chi connectivity index (χ4v) is 1.87. The normalized spacial score (nSPS) is 10.6. The summed E-state index contributed by atoms with van der Waals surface area (Å²) in [7, 11) is 0. The summed E-state index contributed by atoms with van der Waals surface area (Å²) in [6.45, 7) is -0.0908. The highest BCUT2D eigenvalue weighted by molar-refractivity contribution is 6.31. The van der Waals surface area contributed by atoms with Crippen LogP contribution in [-0.2, 0) is 6.54 Å². The van der Waals surface area contributed by atoms with E-state index in [2.05, 4.69) is 15.4 Å². The minimum atomic E-state index is -0.506. The number of halogens is 3. The van der Waals surface area contributed by atoms with Gasteiger partial charge in [-0.3, -0.25) is 10.2 Å². The van der Waals surface area contributed by atoms with Crippen LogP contribution < -0.4 is 5.43 Å². The maximum Gasteiger partial charge on any atom is 0.269 e. The fourth-order valence-electron chi connectivity index (χ4n) is 1.45. The van der Waals surface area contributed by atoms with Crippen molar-refractivity contribution in [3.63, 3.8) is 0 Å². The van der Waals surface area contributed by atoms with E-state index in [0.29, 0.717) is 0 Å². The molecular weight excluding hydrogens is 306 g/mol. The number of amides is 1. The Hall–Kier alpha value is -1.76. The van der Waals surface area contributed by atoms with E-state index in [4.69, 9.17) is 23.4 Å². The quantitative estimate of drug-likeness (QED) is 0.696. The van der Waals surface area contributed by atoms with Crippen LogP contribution in [0.15, 0.2) is 36.9 Å². The molecule has 1 aromatic heterocycles. The highest BCUT2D eigenvalue weighted by Gasteiger charge is 2.14. The van der Waals surface area contributed by atoms with Gasteiger partial charge in [-0.1, -0.05) is 17.7 Å². The zero-order valence-electron chi connectivity index (χ0n) is 10.1. The molecule has 0 bridgehead atoms. The van der Waals surface area contributed by atoms with E-state index in [1.807, 2.05) is 0 Å². The monoisotopic (exact) mass is 314 g/mol. The maximum atomic E-state index is 13.6. The molecular formula is C12H9Cl2FN4O. The number of aromatic nitrogens is 2. The lowest BCUT2D eigenvalue weighted by Crippen LogP contribution is -2.35. The van der Waals surface area contributed by atoms with Crippen molar-refractivity contribution in [2.24, 2.45) is 0 Å². The Labute approximate surface area is 124 Å². The molecule has 104 valence electrons. The van der Waals surface area contributed by atoms with E-state index in [9.17, 15) is 9.18 Å². The predicted molar refractivity (Wildman–Crippen MR) is 72.3 cm³/mol. The highest BCUT2D eigenvalue weighted by Crippen LogP contribution is 2.20. The average Bonchev–Trinajstić information content (AvgIpc) is 2.44. The number of hydrogen-bond acceptors (Lipinski definition) is 4. The predicted octanol–water partition coefficient (Wildman–Crippen LogP) is 2.57. The topological polar surface area (TPSA) is 58.1 Å². The summed E-state index contributed by atoms with van der Waals surface area (Å²) in [4.78, 5) is 19.2. The van der Waals surface area contributed by atoms with Crippen LogP contribution in [0.2, 0.25) is 5.02 Å². The van der Waals surface area contributed by atoms with Crippen LogP contribution in [0.1, 0.15) is 15.9 Å². The first kappa shape index (κ1) is 14.6. The SMILES string of the molecule is O=C(NN(Cl)Cc1c(F)cccc1Cl)c1cncnc1. The van der Waals surface area contributed by atoms with Gasteiger partial charge in [0, 0.05) is 34.8 Å². The van der Waals surface area contributed by atoms with Gasteiger partial charge in [0.1, 0.15) is 12.1 Å². The second kappa shape index (κ2) is 6.60. The first-order valence-corrected chi connectivity index (χ1v) is 6.21. The number of nitrogens with zero attached hydrogens (tertiary/aromatic N) is 3. The summed E-state index contributed by atoms with van der Waals surface area (Å²) in [5.41, 5.74) is 2.78. The van der Waals surface area contributed by atoms with Gasteiger partial charge < -0.3 is 0 Å². The molecule has 8 heteroatoms. The molecule has 1 amide bonds. The zero-order chi connectivity index (χ0) is 14.5. The molecule has 0 radical (unpaired) electrons. The molecule has 0 aliphatic heterocycles. The van der Waals surface area contributed by atoms with Crippen molar-refractivity contribution >= 4 is 29.3 Å². The highest BCUT2D eigenvalue weighted by atomic mass is 35.5. The lowest BCUT2D eigenvalue weighted by molar-refractivity contribution is 0.0876. The average molecular weight is 315 g/mol. The Morgan fingerprint density at radius 1 is 1.35 bits per heavy atom. The summed E-state index contributed by atoms with van der Waals surface area (Å²) in [6, 6.07) is 4.29. The summed E-state index contributed by atoms with van der Waals surface area (Å²) in [6.07, 6.45) is 3.97. The molecule has 2 aromatic rings. The molecule has 2 rings (SSSR count). The number of hydrogen-bond donors (Lipinski definition) is 1. The van der Waals surface area contributed by atoms with Crippen molar-refractivity contribution in [3.05, 3.63) is 58.9 Å². The standard InChI is InChI=1S/C12H9Cl2FN4O/c13-10-2-1-3-11(15)9(10)6-19(14)18-12(20)8-4-16-7-17-5-8/h1-5,7H,6H2,(H,18,20). The van der Waals surface area contributed by atoms with Gasteiger partial charge in [0.15, 0.2) is 0 Å². The lowest BCUT2D eigenvalue weighted by Gasteiger charge is -2.16. The minimum absolute atomic E-state index is 0.0908. The number of nitrogens with one attached hydrogen (secondary N) is 1. The third kappa shape index (κ3) is 3.63.